The van der Waals surface area contributed by atoms with Gasteiger partial charge < -0.3 is 9.84 Å². The van der Waals surface area contributed by atoms with Crippen LogP contribution in [0.15, 0.2) is 24.0 Å². The number of ether oxygens (including phenoxy) is 1. The lowest BCUT2D eigenvalue weighted by Crippen LogP contribution is -2.20. The molecule has 0 spiro atoms. The number of benzene rings is 2. The maximum absolute atomic E-state index is 15.2. The van der Waals surface area contributed by atoms with Gasteiger partial charge in [-0.2, -0.15) is 0 Å². The molecule has 2 aromatic rings. The van der Waals surface area contributed by atoms with Gasteiger partial charge in [0.2, 0.25) is 5.78 Å². The zero-order valence-corrected chi connectivity index (χ0v) is 34.0. The first-order chi connectivity index (χ1) is 23.4. The van der Waals surface area contributed by atoms with Crippen LogP contribution in [-0.4, -0.2) is 18.0 Å². The molecule has 0 bridgehead atoms. The first kappa shape index (κ1) is 42.6. The first-order valence-electron chi connectivity index (χ1n) is 20.2. The molecule has 6 atom stereocenters. The number of aliphatic hydroxyl groups excluding tert-OH is 1. The summed E-state index contributed by atoms with van der Waals surface area (Å²) in [5.41, 5.74) is 8.97. The van der Waals surface area contributed by atoms with Gasteiger partial charge in [-0.1, -0.05) is 134 Å². The predicted molar refractivity (Wildman–Crippen MR) is 214 cm³/mol. The van der Waals surface area contributed by atoms with E-state index in [0.717, 1.165) is 99.5 Å². The standard InChI is InChI=1S/C46H74O3/c1-14-20-30(7)36-26-37(42(33(10)23-17-4)41(28-36)49-13)27-40(47)46(48)45-43(34(11)24-18-5)38(31(8)21-15-2)29-39(32(9)22-16-3)44(45)35(12)25-19-6/h26-35,47H,14-25H2,1-13H3. The summed E-state index contributed by atoms with van der Waals surface area (Å²) in [4.78, 5) is 15.2. The van der Waals surface area contributed by atoms with Crippen molar-refractivity contribution in [2.75, 3.05) is 7.11 Å². The van der Waals surface area contributed by atoms with E-state index in [9.17, 15) is 5.11 Å². The van der Waals surface area contributed by atoms with E-state index < -0.39 is 0 Å². The molecule has 2 aromatic carbocycles. The van der Waals surface area contributed by atoms with Gasteiger partial charge in [-0.15, -0.1) is 0 Å². The van der Waals surface area contributed by atoms with E-state index in [0.29, 0.717) is 17.8 Å². The van der Waals surface area contributed by atoms with Crippen molar-refractivity contribution in [2.24, 2.45) is 0 Å². The molecule has 0 fully saturated rings. The Labute approximate surface area is 302 Å². The van der Waals surface area contributed by atoms with Crippen LogP contribution in [0, 0.1) is 0 Å². The molecule has 2 rings (SSSR count). The Bertz CT molecular complexity index is 1300. The SMILES string of the molecule is CCCC(C)c1cc(C=C(O)C(=O)c2c(C(C)CCC)c(C(C)CCC)cc(C(C)CCC)c2C(C)CCC)c(C(C)CCC)c(OC)c1. The van der Waals surface area contributed by atoms with Gasteiger partial charge in [0, 0.05) is 11.1 Å². The third-order valence-electron chi connectivity index (χ3n) is 11.1. The third kappa shape index (κ3) is 10.7. The van der Waals surface area contributed by atoms with Crippen molar-refractivity contribution in [1.29, 1.82) is 0 Å². The van der Waals surface area contributed by atoms with Crippen LogP contribution in [0.4, 0.5) is 0 Å². The average Bonchev–Trinajstić information content (AvgIpc) is 3.06. The molecular weight excluding hydrogens is 601 g/mol. The Balaban J connectivity index is 3.13. The van der Waals surface area contributed by atoms with E-state index in [1.165, 1.54) is 27.8 Å². The zero-order valence-electron chi connectivity index (χ0n) is 34.0. The fraction of sp³-hybridized carbons (Fsp3) is 0.674. The molecule has 0 radical (unpaired) electrons. The molecule has 3 nitrogen and oxygen atoms in total. The molecule has 0 saturated carbocycles. The van der Waals surface area contributed by atoms with Gasteiger partial charge in [-0.3, -0.25) is 4.79 Å². The van der Waals surface area contributed by atoms with Gasteiger partial charge in [0.1, 0.15) is 5.75 Å². The Morgan fingerprint density at radius 2 is 0.980 bits per heavy atom. The number of hydrogen-bond acceptors (Lipinski definition) is 3. The highest BCUT2D eigenvalue weighted by Crippen LogP contribution is 2.45. The van der Waals surface area contributed by atoms with Crippen molar-refractivity contribution in [3.8, 4) is 5.75 Å². The maximum atomic E-state index is 15.2. The van der Waals surface area contributed by atoms with E-state index >= 15 is 4.79 Å². The van der Waals surface area contributed by atoms with E-state index in [1.54, 1.807) is 13.2 Å². The first-order valence-corrected chi connectivity index (χ1v) is 20.2. The second-order valence-electron chi connectivity index (χ2n) is 15.5. The number of hydrogen-bond donors (Lipinski definition) is 1. The lowest BCUT2D eigenvalue weighted by Gasteiger charge is -2.32. The highest BCUT2D eigenvalue weighted by Gasteiger charge is 2.32. The lowest BCUT2D eigenvalue weighted by molar-refractivity contribution is 0.0977. The smallest absolute Gasteiger partial charge is 0.227 e. The third-order valence-corrected chi connectivity index (χ3v) is 11.1. The van der Waals surface area contributed by atoms with Crippen molar-refractivity contribution < 1.29 is 14.6 Å². The Hall–Kier alpha value is -2.55. The molecule has 0 heterocycles. The minimum atomic E-state index is -0.216. The molecular formula is C46H74O3. The zero-order chi connectivity index (χ0) is 36.8. The van der Waals surface area contributed by atoms with Gasteiger partial charge in [0.15, 0.2) is 5.76 Å². The van der Waals surface area contributed by atoms with Crippen LogP contribution in [0.25, 0.3) is 6.08 Å². The van der Waals surface area contributed by atoms with Crippen LogP contribution >= 0.6 is 0 Å². The Kier molecular flexibility index (Phi) is 18.2. The van der Waals surface area contributed by atoms with Crippen LogP contribution in [0.1, 0.15) is 245 Å². The average molecular weight is 675 g/mol. The number of ketones is 1. The molecule has 0 aliphatic heterocycles. The summed E-state index contributed by atoms with van der Waals surface area (Å²) in [7, 11) is 1.75. The van der Waals surface area contributed by atoms with E-state index in [4.69, 9.17) is 4.74 Å². The van der Waals surface area contributed by atoms with Crippen molar-refractivity contribution in [3.05, 3.63) is 68.5 Å². The van der Waals surface area contributed by atoms with E-state index in [-0.39, 0.29) is 29.3 Å². The quantitative estimate of drug-likeness (QED) is 0.0768. The molecule has 49 heavy (non-hydrogen) atoms. The Morgan fingerprint density at radius 1 is 0.592 bits per heavy atom. The van der Waals surface area contributed by atoms with Crippen LogP contribution in [-0.2, 0) is 0 Å². The number of Topliss-reactive ketones (excluding diaryl/α,β-unsaturated/α-hetero) is 1. The fourth-order valence-corrected chi connectivity index (χ4v) is 8.50. The van der Waals surface area contributed by atoms with Gasteiger partial charge in [-0.05, 0) is 120 Å². The summed E-state index contributed by atoms with van der Waals surface area (Å²) in [5, 5.41) is 12.2. The Morgan fingerprint density at radius 3 is 1.39 bits per heavy atom. The lowest BCUT2D eigenvalue weighted by atomic mass is 9.72. The predicted octanol–water partition coefficient (Wildman–Crippen LogP) is 14.9. The maximum Gasteiger partial charge on any atom is 0.227 e. The molecule has 0 saturated heterocycles. The van der Waals surface area contributed by atoms with Gasteiger partial charge in [-0.25, -0.2) is 0 Å². The number of aliphatic hydroxyl groups is 1. The molecule has 0 aliphatic rings. The molecule has 1 N–H and O–H groups in total. The van der Waals surface area contributed by atoms with Crippen molar-refractivity contribution >= 4 is 11.9 Å². The van der Waals surface area contributed by atoms with E-state index in [1.807, 2.05) is 0 Å². The minimum Gasteiger partial charge on any atom is -0.504 e. The highest BCUT2D eigenvalue weighted by molar-refractivity contribution is 6.12. The molecule has 6 unspecified atom stereocenters. The molecule has 276 valence electrons. The van der Waals surface area contributed by atoms with Crippen LogP contribution in [0.5, 0.6) is 5.75 Å². The monoisotopic (exact) mass is 675 g/mol. The normalized spacial score (nSPS) is 15.8. The van der Waals surface area contributed by atoms with Crippen LogP contribution < -0.4 is 4.74 Å². The number of carbonyl (C=O) groups excluding carboxylic acids is 1. The van der Waals surface area contributed by atoms with Crippen molar-refractivity contribution in [2.45, 2.75) is 196 Å². The van der Waals surface area contributed by atoms with Crippen LogP contribution in [0.2, 0.25) is 0 Å². The summed E-state index contributed by atoms with van der Waals surface area (Å²) in [6.45, 7) is 27.2. The largest absolute Gasteiger partial charge is 0.504 e. The number of allylic oxidation sites excluding steroid dienone is 1. The summed E-state index contributed by atoms with van der Waals surface area (Å²) in [6, 6.07) is 6.89. The highest BCUT2D eigenvalue weighted by atomic mass is 16.5. The molecule has 0 amide bonds. The molecule has 3 heteroatoms. The summed E-state index contributed by atoms with van der Waals surface area (Å²) < 4.78 is 6.04. The van der Waals surface area contributed by atoms with E-state index in [2.05, 4.69) is 101 Å². The van der Waals surface area contributed by atoms with Gasteiger partial charge in [0.25, 0.3) is 0 Å². The summed E-state index contributed by atoms with van der Waals surface area (Å²) >= 11 is 0. The second kappa shape index (κ2) is 21.0. The van der Waals surface area contributed by atoms with Gasteiger partial charge in [0.05, 0.1) is 7.11 Å². The van der Waals surface area contributed by atoms with Crippen LogP contribution in [0.3, 0.4) is 0 Å². The minimum absolute atomic E-state index is 0.156. The number of carbonyl (C=O) groups is 1. The summed E-state index contributed by atoms with van der Waals surface area (Å²) in [5.74, 6) is 2.16. The van der Waals surface area contributed by atoms with Crippen molar-refractivity contribution in [1.82, 2.24) is 0 Å². The molecule has 0 aromatic heterocycles. The molecule has 0 aliphatic carbocycles. The second-order valence-corrected chi connectivity index (χ2v) is 15.5. The number of methoxy groups -OCH3 is 1. The topological polar surface area (TPSA) is 46.5 Å². The van der Waals surface area contributed by atoms with Gasteiger partial charge >= 0.3 is 0 Å². The van der Waals surface area contributed by atoms with Crippen molar-refractivity contribution in [3.63, 3.8) is 0 Å². The summed E-state index contributed by atoms with van der Waals surface area (Å²) in [6.07, 6.45) is 14.5. The fourth-order valence-electron chi connectivity index (χ4n) is 8.50. The number of rotatable bonds is 22.